The van der Waals surface area contributed by atoms with E-state index in [9.17, 15) is 4.79 Å². The second-order valence-electron chi connectivity index (χ2n) is 4.51. The molecule has 1 aromatic heterocycles. The Hall–Kier alpha value is -1.69. The number of carbonyl (C=O) groups is 1. The van der Waals surface area contributed by atoms with Crippen LogP contribution in [0.4, 0.5) is 5.82 Å². The number of rotatable bonds is 7. The number of likely N-dealkylation sites (N-methyl/N-ethyl adjacent to an activating group) is 1. The molecule has 1 aromatic rings. The van der Waals surface area contributed by atoms with Crippen LogP contribution in [0.5, 0.6) is 0 Å². The topological polar surface area (TPSA) is 61.4 Å². The van der Waals surface area contributed by atoms with Crippen molar-refractivity contribution in [1.29, 1.82) is 0 Å². The van der Waals surface area contributed by atoms with Gasteiger partial charge in [-0.05, 0) is 40.1 Å². The molecule has 0 spiro atoms. The molecule has 19 heavy (non-hydrogen) atoms. The molecule has 0 saturated carbocycles. The highest BCUT2D eigenvalue weighted by Gasteiger charge is 2.09. The van der Waals surface area contributed by atoms with E-state index in [1.165, 1.54) is 0 Å². The van der Waals surface area contributed by atoms with Crippen molar-refractivity contribution < 1.29 is 4.79 Å². The minimum Gasteiger partial charge on any atom is -0.356 e. The number of aromatic nitrogens is 2. The Balaban J connectivity index is 2.58. The summed E-state index contributed by atoms with van der Waals surface area (Å²) in [5, 5.41) is 10.9. The van der Waals surface area contributed by atoms with Gasteiger partial charge in [-0.1, -0.05) is 0 Å². The van der Waals surface area contributed by atoms with Gasteiger partial charge < -0.3 is 15.1 Å². The van der Waals surface area contributed by atoms with Gasteiger partial charge >= 0.3 is 0 Å². The zero-order valence-electron chi connectivity index (χ0n) is 12.2. The Bertz CT molecular complexity index is 387. The van der Waals surface area contributed by atoms with Crippen LogP contribution in [0.15, 0.2) is 12.1 Å². The molecular weight excluding hydrogens is 242 g/mol. The highest BCUT2D eigenvalue weighted by molar-refractivity contribution is 5.92. The summed E-state index contributed by atoms with van der Waals surface area (Å²) in [6.45, 7) is 7.28. The minimum atomic E-state index is -0.180. The Morgan fingerprint density at radius 2 is 1.89 bits per heavy atom. The van der Waals surface area contributed by atoms with Gasteiger partial charge in [-0.25, -0.2) is 0 Å². The largest absolute Gasteiger partial charge is 0.356 e. The molecule has 0 aromatic carbocycles. The number of carbonyl (C=O) groups excluding carboxylic acids is 1. The van der Waals surface area contributed by atoms with E-state index < -0.39 is 0 Å². The average Bonchev–Trinajstić information content (AvgIpc) is 2.40. The molecule has 0 fully saturated rings. The number of hydrogen-bond acceptors (Lipinski definition) is 5. The zero-order valence-corrected chi connectivity index (χ0v) is 12.2. The van der Waals surface area contributed by atoms with Gasteiger partial charge in [0.15, 0.2) is 11.5 Å². The van der Waals surface area contributed by atoms with Crippen LogP contribution in [0.3, 0.4) is 0 Å². The normalized spacial score (nSPS) is 10.6. The summed E-state index contributed by atoms with van der Waals surface area (Å²) in [5.41, 5.74) is 0.356. The third-order valence-electron chi connectivity index (χ3n) is 2.82. The number of amides is 1. The molecule has 6 nitrogen and oxygen atoms in total. The molecule has 1 N–H and O–H groups in total. The van der Waals surface area contributed by atoms with E-state index in [-0.39, 0.29) is 5.91 Å². The molecule has 6 heteroatoms. The molecule has 0 bridgehead atoms. The second-order valence-corrected chi connectivity index (χ2v) is 4.51. The van der Waals surface area contributed by atoms with Crippen molar-refractivity contribution in [2.24, 2.45) is 0 Å². The predicted molar refractivity (Wildman–Crippen MR) is 76.5 cm³/mol. The fraction of sp³-hybridized carbons (Fsp3) is 0.615. The maximum absolute atomic E-state index is 11.8. The standard InChI is InChI=1S/C13H23N5O/c1-5-18(6-2)12-8-7-11(15-16-12)13(19)14-9-10-17(3)4/h7-8H,5-6,9-10H2,1-4H3,(H,14,19). The summed E-state index contributed by atoms with van der Waals surface area (Å²) in [6.07, 6.45) is 0. The molecule has 1 rings (SSSR count). The first-order valence-electron chi connectivity index (χ1n) is 6.60. The molecular formula is C13H23N5O. The van der Waals surface area contributed by atoms with Gasteiger partial charge in [0, 0.05) is 26.2 Å². The molecule has 0 aliphatic heterocycles. The van der Waals surface area contributed by atoms with Crippen molar-refractivity contribution >= 4 is 11.7 Å². The Morgan fingerprint density at radius 3 is 2.37 bits per heavy atom. The van der Waals surface area contributed by atoms with Gasteiger partial charge in [0.25, 0.3) is 5.91 Å². The van der Waals surface area contributed by atoms with Crippen molar-refractivity contribution in [2.45, 2.75) is 13.8 Å². The summed E-state index contributed by atoms with van der Waals surface area (Å²) in [6, 6.07) is 3.55. The second kappa shape index (κ2) is 7.68. The van der Waals surface area contributed by atoms with Gasteiger partial charge in [-0.2, -0.15) is 0 Å². The lowest BCUT2D eigenvalue weighted by atomic mass is 10.3. The van der Waals surface area contributed by atoms with Gasteiger partial charge in [0.05, 0.1) is 0 Å². The average molecular weight is 265 g/mol. The summed E-state index contributed by atoms with van der Waals surface area (Å²) in [4.78, 5) is 15.9. The summed E-state index contributed by atoms with van der Waals surface area (Å²) in [5.74, 6) is 0.621. The van der Waals surface area contributed by atoms with E-state index in [0.717, 1.165) is 25.5 Å². The maximum Gasteiger partial charge on any atom is 0.271 e. The lowest BCUT2D eigenvalue weighted by molar-refractivity contribution is 0.0945. The molecule has 0 atom stereocenters. The third kappa shape index (κ3) is 4.82. The van der Waals surface area contributed by atoms with Gasteiger partial charge in [-0.3, -0.25) is 4.79 Å². The first kappa shape index (κ1) is 15.4. The molecule has 0 unspecified atom stereocenters. The van der Waals surface area contributed by atoms with Crippen LogP contribution in [0.2, 0.25) is 0 Å². The van der Waals surface area contributed by atoms with Crippen molar-refractivity contribution in [1.82, 2.24) is 20.4 Å². The van der Waals surface area contributed by atoms with E-state index in [4.69, 9.17) is 0 Å². The molecule has 0 aliphatic rings. The summed E-state index contributed by atoms with van der Waals surface area (Å²) in [7, 11) is 3.93. The number of nitrogens with zero attached hydrogens (tertiary/aromatic N) is 4. The van der Waals surface area contributed by atoms with Gasteiger partial charge in [0.1, 0.15) is 0 Å². The first-order valence-corrected chi connectivity index (χ1v) is 6.60. The van der Waals surface area contributed by atoms with E-state index in [2.05, 4.69) is 34.3 Å². The predicted octanol–water partition coefficient (Wildman–Crippen LogP) is 0.614. The van der Waals surface area contributed by atoms with E-state index in [0.29, 0.717) is 12.2 Å². The van der Waals surface area contributed by atoms with E-state index in [1.54, 1.807) is 6.07 Å². The van der Waals surface area contributed by atoms with Crippen LogP contribution in [0.25, 0.3) is 0 Å². The quantitative estimate of drug-likeness (QED) is 0.783. The lowest BCUT2D eigenvalue weighted by Crippen LogP contribution is -2.32. The highest BCUT2D eigenvalue weighted by atomic mass is 16.1. The Kier molecular flexibility index (Phi) is 6.21. The minimum absolute atomic E-state index is 0.180. The Morgan fingerprint density at radius 1 is 1.21 bits per heavy atom. The Labute approximate surface area is 114 Å². The van der Waals surface area contributed by atoms with Crippen molar-refractivity contribution in [3.8, 4) is 0 Å². The summed E-state index contributed by atoms with van der Waals surface area (Å²) >= 11 is 0. The molecule has 0 radical (unpaired) electrons. The molecule has 1 amide bonds. The van der Waals surface area contributed by atoms with Crippen LogP contribution < -0.4 is 10.2 Å². The highest BCUT2D eigenvalue weighted by Crippen LogP contribution is 2.08. The summed E-state index contributed by atoms with van der Waals surface area (Å²) < 4.78 is 0. The smallest absolute Gasteiger partial charge is 0.271 e. The fourth-order valence-corrected chi connectivity index (χ4v) is 1.65. The molecule has 1 heterocycles. The van der Waals surface area contributed by atoms with E-state index in [1.807, 2.05) is 25.1 Å². The van der Waals surface area contributed by atoms with Crippen molar-refractivity contribution in [3.05, 3.63) is 17.8 Å². The fourth-order valence-electron chi connectivity index (χ4n) is 1.65. The molecule has 106 valence electrons. The van der Waals surface area contributed by atoms with Gasteiger partial charge in [0.2, 0.25) is 0 Å². The molecule has 0 aliphatic carbocycles. The zero-order chi connectivity index (χ0) is 14.3. The van der Waals surface area contributed by atoms with Crippen LogP contribution in [-0.2, 0) is 0 Å². The van der Waals surface area contributed by atoms with Crippen molar-refractivity contribution in [3.63, 3.8) is 0 Å². The SMILES string of the molecule is CCN(CC)c1ccc(C(=O)NCCN(C)C)nn1. The molecule has 0 saturated heterocycles. The maximum atomic E-state index is 11.8. The third-order valence-corrected chi connectivity index (χ3v) is 2.82. The van der Waals surface area contributed by atoms with Crippen LogP contribution in [0.1, 0.15) is 24.3 Å². The number of anilines is 1. The number of nitrogens with one attached hydrogen (secondary N) is 1. The monoisotopic (exact) mass is 265 g/mol. The first-order chi connectivity index (χ1) is 9.08. The van der Waals surface area contributed by atoms with Crippen LogP contribution >= 0.6 is 0 Å². The van der Waals surface area contributed by atoms with Gasteiger partial charge in [-0.15, -0.1) is 10.2 Å². The van der Waals surface area contributed by atoms with Crippen molar-refractivity contribution in [2.75, 3.05) is 45.2 Å². The van der Waals surface area contributed by atoms with Crippen LogP contribution in [-0.4, -0.2) is 61.3 Å². The number of hydrogen-bond donors (Lipinski definition) is 1. The van der Waals surface area contributed by atoms with E-state index >= 15 is 0 Å². The lowest BCUT2D eigenvalue weighted by Gasteiger charge is -2.18. The van der Waals surface area contributed by atoms with Crippen LogP contribution in [0, 0.1) is 0 Å².